The monoisotopic (exact) mass is 1410 g/mol. The van der Waals surface area contributed by atoms with Gasteiger partial charge in [0.1, 0.15) is 72.7 Å². The Balaban J connectivity index is 0.000000265. The van der Waals surface area contributed by atoms with Gasteiger partial charge in [0.25, 0.3) is 0 Å². The lowest BCUT2D eigenvalue weighted by atomic mass is 10.1. The van der Waals surface area contributed by atoms with Crippen LogP contribution in [-0.2, 0) is 68.9 Å². The normalized spacial score (nSPS) is 10.5. The van der Waals surface area contributed by atoms with Gasteiger partial charge in [0.05, 0.1) is 29.9 Å². The Morgan fingerprint density at radius 2 is 0.390 bits per heavy atom. The van der Waals surface area contributed by atoms with Crippen LogP contribution in [0.3, 0.4) is 0 Å². The van der Waals surface area contributed by atoms with E-state index >= 15 is 0 Å². The molecule has 0 bridgehead atoms. The van der Waals surface area contributed by atoms with Crippen LogP contribution in [0.5, 0.6) is 51.7 Å². The first kappa shape index (κ1) is 74.8. The maximum absolute atomic E-state index is 13.8. The lowest BCUT2D eigenvalue weighted by Crippen LogP contribution is -2.15. The van der Waals surface area contributed by atoms with Crippen LogP contribution in [0.1, 0.15) is 81.1 Å². The molecule has 105 heavy (non-hydrogen) atoms. The largest absolute Gasteiger partial charge is 0.485 e. The molecule has 0 heterocycles. The molecule has 0 atom stereocenters. The molecule has 0 aliphatic rings. The van der Waals surface area contributed by atoms with Gasteiger partial charge in [-0.3, -0.25) is 0 Å². The third-order valence-corrected chi connectivity index (χ3v) is 15.5. The Morgan fingerprint density at radius 3 is 0.552 bits per heavy atom. The van der Waals surface area contributed by atoms with Crippen molar-refractivity contribution >= 4 is 17.9 Å². The Hall–Kier alpha value is -12.8. The van der Waals surface area contributed by atoms with E-state index in [-0.39, 0.29) is 103 Å². The second-order valence-corrected chi connectivity index (χ2v) is 23.4. The minimum atomic E-state index is -1.07. The number of carbonyl (C=O) groups excluding carboxylic acids is 2. The summed E-state index contributed by atoms with van der Waals surface area (Å²) in [6, 6.07) is 96.4. The summed E-state index contributed by atoms with van der Waals surface area (Å²) >= 11 is 0. The molecule has 3 N–H and O–H groups in total. The summed E-state index contributed by atoms with van der Waals surface area (Å²) in [5.74, 6) is 0.409. The summed E-state index contributed by atoms with van der Waals surface area (Å²) in [4.78, 5) is 39.4. The molecule has 17 heteroatoms. The third-order valence-electron chi connectivity index (χ3n) is 15.5. The maximum atomic E-state index is 13.8. The summed E-state index contributed by atoms with van der Waals surface area (Å²) in [6.45, 7) is 1.34. The third kappa shape index (κ3) is 24.5. The van der Waals surface area contributed by atoms with E-state index in [0.717, 1.165) is 50.1 Å². The maximum Gasteiger partial charge on any atom is 0.338 e. The smallest absolute Gasteiger partial charge is 0.338 e. The highest BCUT2D eigenvalue weighted by Gasteiger charge is 2.25. The molecule has 0 saturated heterocycles. The minimum Gasteiger partial charge on any atom is -0.485 e. The zero-order valence-corrected chi connectivity index (χ0v) is 57.7. The van der Waals surface area contributed by atoms with Gasteiger partial charge >= 0.3 is 17.9 Å². The lowest BCUT2D eigenvalue weighted by Gasteiger charge is -2.19. The number of hydrogen-bond donors (Lipinski definition) is 3. The Bertz CT molecular complexity index is 4170. The van der Waals surface area contributed by atoms with Crippen molar-refractivity contribution in [1.82, 2.24) is 0 Å². The van der Waals surface area contributed by atoms with Crippen LogP contribution in [0.25, 0.3) is 0 Å². The molecule has 17 nitrogen and oxygen atoms in total. The van der Waals surface area contributed by atoms with Gasteiger partial charge in [-0.1, -0.05) is 273 Å². The van der Waals surface area contributed by atoms with Crippen molar-refractivity contribution in [3.05, 3.63) is 376 Å². The fraction of sp³-hybridized carbons (Fsp3) is 0.148. The average molecular weight is 1410 g/mol. The fourth-order valence-electron chi connectivity index (χ4n) is 10.2. The number of carbonyl (C=O) groups is 3. The molecular weight excluding hydrogens is 1330 g/mol. The summed E-state index contributed by atoms with van der Waals surface area (Å²) in [5, 5.41) is 24.9. The Kier molecular flexibility index (Phi) is 29.4. The lowest BCUT2D eigenvalue weighted by molar-refractivity contribution is 0.0264. The molecule has 534 valence electrons. The van der Waals surface area contributed by atoms with E-state index in [0.29, 0.717) is 51.7 Å². The number of carboxylic acids is 1. The van der Waals surface area contributed by atoms with Gasteiger partial charge in [0, 0.05) is 0 Å². The highest BCUT2D eigenvalue weighted by Crippen LogP contribution is 2.44. The first-order valence-electron chi connectivity index (χ1n) is 34.0. The van der Waals surface area contributed by atoms with Gasteiger partial charge in [0.2, 0.25) is 17.2 Å². The molecule has 0 aromatic heterocycles. The molecule has 0 spiro atoms. The predicted octanol–water partition coefficient (Wildman–Crippen LogP) is 17.3. The molecule has 0 fully saturated rings. The number of benzene rings is 12. The molecule has 12 aromatic rings. The molecule has 12 aromatic carbocycles. The number of esters is 2. The standard InChI is InChI=1S/C58H50O10.C28H24O5.C2H6O2/c59-57(49-33-51(63-37-43-19-7-1-8-20-43)55(67-41-47-27-15-5-16-28-47)52(34-49)64-38-44-21-9-2-10-22-44)61-31-32-62-58(60)50-35-53(65-39-45-23-11-3-12-24-45)56(68-42-48-29-17-6-18-30-48)54(36-50)66-40-46-25-13-4-14-26-46;29-28(30)24-16-25(31-18-21-10-4-1-5-11-21)27(33-20-23-14-8-3-9-15-23)26(17-24)32-19-22-12-6-2-7-13-22;3-1-2-4/h1-30,33-36H,31-32,37-42H2;1-17H,18-20H2,(H,29,30);3-4H,1-2H2. The van der Waals surface area contributed by atoms with Crippen molar-refractivity contribution in [2.24, 2.45) is 0 Å². The zero-order chi connectivity index (χ0) is 72.9. The number of ether oxygens (including phenoxy) is 11. The summed E-state index contributed by atoms with van der Waals surface area (Å²) in [5.41, 5.74) is 8.81. The van der Waals surface area contributed by atoms with Crippen molar-refractivity contribution in [2.45, 2.75) is 59.5 Å². The molecule has 0 saturated carbocycles. The van der Waals surface area contributed by atoms with Crippen LogP contribution in [-0.4, -0.2) is 59.7 Å². The minimum absolute atomic E-state index is 0.0631. The second kappa shape index (κ2) is 41.2. The van der Waals surface area contributed by atoms with E-state index in [4.69, 9.17) is 62.3 Å². The van der Waals surface area contributed by atoms with Gasteiger partial charge in [-0.05, 0) is 86.5 Å². The van der Waals surface area contributed by atoms with Crippen LogP contribution >= 0.6 is 0 Å². The number of aliphatic hydroxyl groups is 2. The van der Waals surface area contributed by atoms with Crippen LogP contribution < -0.4 is 42.6 Å². The van der Waals surface area contributed by atoms with Crippen molar-refractivity contribution in [1.29, 1.82) is 0 Å². The van der Waals surface area contributed by atoms with E-state index in [1.807, 2.05) is 273 Å². The number of aliphatic hydroxyl groups excluding tert-OH is 2. The predicted molar refractivity (Wildman–Crippen MR) is 398 cm³/mol. The molecular formula is C88H80O17. The van der Waals surface area contributed by atoms with E-state index in [1.165, 1.54) is 12.1 Å². The highest BCUT2D eigenvalue weighted by molar-refractivity contribution is 5.92. The number of aromatic carboxylic acids is 1. The van der Waals surface area contributed by atoms with Gasteiger partial charge in [-0.2, -0.15) is 0 Å². The van der Waals surface area contributed by atoms with Crippen LogP contribution in [0.2, 0.25) is 0 Å². The van der Waals surface area contributed by atoms with Crippen molar-refractivity contribution < 1.29 is 81.8 Å². The van der Waals surface area contributed by atoms with Crippen LogP contribution in [0, 0.1) is 0 Å². The number of carboxylic acid groups (broad SMARTS) is 1. The summed E-state index contributed by atoms with van der Waals surface area (Å²) in [7, 11) is 0. The number of rotatable bonds is 34. The molecule has 12 rings (SSSR count). The first-order chi connectivity index (χ1) is 51.6. The quantitative estimate of drug-likeness (QED) is 0.0253. The first-order valence-corrected chi connectivity index (χ1v) is 34.0. The summed E-state index contributed by atoms with van der Waals surface area (Å²) in [6.07, 6.45) is 0. The fourth-order valence-corrected chi connectivity index (χ4v) is 10.2. The topological polar surface area (TPSA) is 213 Å². The molecule has 0 amide bonds. The Morgan fingerprint density at radius 1 is 0.229 bits per heavy atom. The van der Waals surface area contributed by atoms with E-state index in [2.05, 4.69) is 0 Å². The van der Waals surface area contributed by atoms with Crippen molar-refractivity contribution in [3.8, 4) is 51.7 Å². The Labute approximate surface area is 610 Å². The van der Waals surface area contributed by atoms with Gasteiger partial charge in [-0.15, -0.1) is 0 Å². The van der Waals surface area contributed by atoms with Gasteiger partial charge in [0.15, 0.2) is 34.5 Å². The van der Waals surface area contributed by atoms with E-state index in [9.17, 15) is 19.5 Å². The molecule has 0 aliphatic heterocycles. The molecule has 0 aliphatic carbocycles. The summed E-state index contributed by atoms with van der Waals surface area (Å²) < 4.78 is 67.7. The highest BCUT2D eigenvalue weighted by atomic mass is 16.6. The van der Waals surface area contributed by atoms with Gasteiger partial charge < -0.3 is 67.4 Å². The van der Waals surface area contributed by atoms with E-state index < -0.39 is 17.9 Å². The molecule has 0 radical (unpaired) electrons. The second-order valence-electron chi connectivity index (χ2n) is 23.4. The van der Waals surface area contributed by atoms with Crippen molar-refractivity contribution in [3.63, 3.8) is 0 Å². The van der Waals surface area contributed by atoms with Crippen LogP contribution in [0.4, 0.5) is 0 Å². The number of hydrogen-bond acceptors (Lipinski definition) is 16. The van der Waals surface area contributed by atoms with Gasteiger partial charge in [-0.25, -0.2) is 14.4 Å². The van der Waals surface area contributed by atoms with Crippen LogP contribution in [0.15, 0.2) is 309 Å². The SMILES string of the molecule is O=C(O)c1cc(OCc2ccccc2)c(OCc2ccccc2)c(OCc2ccccc2)c1.O=C(OCCOC(=O)c1cc(OCc2ccccc2)c(OCc2ccccc2)c(OCc2ccccc2)c1)c1cc(OCc2ccccc2)c(OCc2ccccc2)c(OCc2ccccc2)c1.OCCO. The van der Waals surface area contributed by atoms with E-state index in [1.54, 1.807) is 24.3 Å². The zero-order valence-electron chi connectivity index (χ0n) is 57.7. The van der Waals surface area contributed by atoms with Crippen molar-refractivity contribution in [2.75, 3.05) is 26.4 Å². The molecule has 0 unspecified atom stereocenters. The average Bonchev–Trinajstić information content (AvgIpc) is 0.817.